The maximum atomic E-state index is 13.0. The molecular weight excluding hydrogens is 474 g/mol. The van der Waals surface area contributed by atoms with Crippen molar-refractivity contribution in [1.82, 2.24) is 9.21 Å². The van der Waals surface area contributed by atoms with Crippen molar-refractivity contribution in [3.8, 4) is 11.1 Å². The SMILES string of the molecule is CS(=O)(=O)N1CCN(Cc2ccc(-c3ccc(C(O)(C(F)(F)F)C(F)(F)F)cc3)cc2)CC1. The van der Waals surface area contributed by atoms with Crippen LogP contribution in [-0.2, 0) is 22.2 Å². The van der Waals surface area contributed by atoms with Crippen molar-refractivity contribution in [2.24, 2.45) is 0 Å². The summed E-state index contributed by atoms with van der Waals surface area (Å²) in [5.74, 6) is 0. The third-order valence-corrected chi connectivity index (χ3v) is 6.92. The molecule has 12 heteroatoms. The molecule has 2 aromatic rings. The van der Waals surface area contributed by atoms with Gasteiger partial charge in [-0.05, 0) is 16.7 Å². The summed E-state index contributed by atoms with van der Waals surface area (Å²) in [6, 6.07) is 10.4. The third kappa shape index (κ3) is 5.34. The second-order valence-corrected chi connectivity index (χ2v) is 9.90. The predicted octanol–water partition coefficient (Wildman–Crippen LogP) is 3.74. The molecule has 5 nitrogen and oxygen atoms in total. The van der Waals surface area contributed by atoms with Crippen molar-refractivity contribution in [2.45, 2.75) is 24.5 Å². The van der Waals surface area contributed by atoms with E-state index in [1.54, 1.807) is 24.3 Å². The first kappa shape index (κ1) is 25.5. The lowest BCUT2D eigenvalue weighted by Gasteiger charge is -2.33. The number of nitrogens with zero attached hydrogens (tertiary/aromatic N) is 2. The van der Waals surface area contributed by atoms with Crippen molar-refractivity contribution >= 4 is 10.0 Å². The normalized spacial score (nSPS) is 17.3. The number of aliphatic hydroxyl groups is 1. The van der Waals surface area contributed by atoms with Gasteiger partial charge in [0.15, 0.2) is 0 Å². The number of hydrogen-bond acceptors (Lipinski definition) is 4. The minimum absolute atomic E-state index is 0.388. The molecule has 1 fully saturated rings. The largest absolute Gasteiger partial charge is 0.430 e. The average Bonchev–Trinajstić information content (AvgIpc) is 2.72. The standard InChI is InChI=1S/C21H22F6N2O3S/c1-33(31,32)29-12-10-28(11-13-29)14-15-2-4-16(5-3-15)17-6-8-18(9-7-17)19(30,20(22,23)24)21(25,26)27/h2-9,30H,10-14H2,1H3. The van der Waals surface area contributed by atoms with Crippen LogP contribution < -0.4 is 0 Å². The summed E-state index contributed by atoms with van der Waals surface area (Å²) in [5.41, 5.74) is -4.37. The maximum Gasteiger partial charge on any atom is 0.430 e. The monoisotopic (exact) mass is 496 g/mol. The summed E-state index contributed by atoms with van der Waals surface area (Å²) in [5, 5.41) is 9.48. The molecule has 0 saturated carbocycles. The van der Waals surface area contributed by atoms with E-state index in [-0.39, 0.29) is 0 Å². The van der Waals surface area contributed by atoms with Crippen LogP contribution in [0, 0.1) is 0 Å². The van der Waals surface area contributed by atoms with Crippen LogP contribution in [0.5, 0.6) is 0 Å². The molecule has 0 atom stereocenters. The molecule has 0 radical (unpaired) electrons. The molecule has 1 N–H and O–H groups in total. The van der Waals surface area contributed by atoms with Crippen LogP contribution in [-0.4, -0.2) is 67.5 Å². The van der Waals surface area contributed by atoms with E-state index < -0.39 is 33.5 Å². The van der Waals surface area contributed by atoms with Gasteiger partial charge in [-0.3, -0.25) is 4.90 Å². The van der Waals surface area contributed by atoms with Crippen molar-refractivity contribution < 1.29 is 39.9 Å². The zero-order chi connectivity index (χ0) is 24.7. The van der Waals surface area contributed by atoms with E-state index in [2.05, 4.69) is 4.90 Å². The second-order valence-electron chi connectivity index (χ2n) is 7.92. The van der Waals surface area contributed by atoms with Crippen LogP contribution >= 0.6 is 0 Å². The lowest BCUT2D eigenvalue weighted by molar-refractivity contribution is -0.376. The first-order valence-corrected chi connectivity index (χ1v) is 11.7. The van der Waals surface area contributed by atoms with Crippen LogP contribution in [0.3, 0.4) is 0 Å². The minimum Gasteiger partial charge on any atom is -0.369 e. The van der Waals surface area contributed by atoms with Crippen molar-refractivity contribution in [1.29, 1.82) is 0 Å². The lowest BCUT2D eigenvalue weighted by atomic mass is 9.90. The van der Waals surface area contributed by atoms with Gasteiger partial charge in [0.1, 0.15) is 0 Å². The Hall–Kier alpha value is -2.15. The molecule has 0 aliphatic carbocycles. The van der Waals surface area contributed by atoms with Gasteiger partial charge >= 0.3 is 12.4 Å². The number of rotatable bonds is 5. The van der Waals surface area contributed by atoms with Gasteiger partial charge in [-0.25, -0.2) is 8.42 Å². The first-order valence-electron chi connectivity index (χ1n) is 9.86. The van der Waals surface area contributed by atoms with E-state index in [4.69, 9.17) is 0 Å². The van der Waals surface area contributed by atoms with Gasteiger partial charge in [-0.2, -0.15) is 30.6 Å². The third-order valence-electron chi connectivity index (χ3n) is 5.62. The fourth-order valence-electron chi connectivity index (χ4n) is 3.67. The summed E-state index contributed by atoms with van der Waals surface area (Å²) in [7, 11) is -3.22. The first-order chi connectivity index (χ1) is 15.1. The molecule has 182 valence electrons. The predicted molar refractivity (Wildman–Crippen MR) is 110 cm³/mol. The Morgan fingerprint density at radius 2 is 1.21 bits per heavy atom. The zero-order valence-corrected chi connectivity index (χ0v) is 18.3. The van der Waals surface area contributed by atoms with Gasteiger partial charge in [-0.1, -0.05) is 48.5 Å². The molecule has 0 spiro atoms. The molecule has 1 aliphatic rings. The highest BCUT2D eigenvalue weighted by Gasteiger charge is 2.71. The van der Waals surface area contributed by atoms with Gasteiger partial charge < -0.3 is 5.11 Å². The van der Waals surface area contributed by atoms with Gasteiger partial charge in [0.2, 0.25) is 10.0 Å². The van der Waals surface area contributed by atoms with E-state index in [0.717, 1.165) is 17.7 Å². The highest BCUT2D eigenvalue weighted by Crippen LogP contribution is 2.50. The molecular formula is C21H22F6N2O3S. The maximum absolute atomic E-state index is 13.0. The molecule has 3 rings (SSSR count). The summed E-state index contributed by atoms with van der Waals surface area (Å²) in [6.45, 7) is 2.49. The molecule has 0 bridgehead atoms. The summed E-state index contributed by atoms with van der Waals surface area (Å²) < 4.78 is 103. The van der Waals surface area contributed by atoms with Crippen molar-refractivity contribution in [2.75, 3.05) is 32.4 Å². The Balaban J connectivity index is 1.71. The van der Waals surface area contributed by atoms with Crippen LogP contribution in [0.4, 0.5) is 26.3 Å². The van der Waals surface area contributed by atoms with Gasteiger partial charge in [0.05, 0.1) is 6.26 Å². The molecule has 0 unspecified atom stereocenters. The summed E-state index contributed by atoms with van der Waals surface area (Å²) in [4.78, 5) is 2.08. The summed E-state index contributed by atoms with van der Waals surface area (Å²) in [6.07, 6.45) is -10.7. The Morgan fingerprint density at radius 3 is 1.61 bits per heavy atom. The Labute approximate surface area is 187 Å². The molecule has 1 aliphatic heterocycles. The second kappa shape index (κ2) is 8.90. The van der Waals surface area contributed by atoms with Gasteiger partial charge in [0, 0.05) is 38.3 Å². The minimum atomic E-state index is -5.93. The smallest absolute Gasteiger partial charge is 0.369 e. The number of sulfonamides is 1. The topological polar surface area (TPSA) is 60.9 Å². The highest BCUT2D eigenvalue weighted by molar-refractivity contribution is 7.88. The highest BCUT2D eigenvalue weighted by atomic mass is 32.2. The van der Waals surface area contributed by atoms with Crippen LogP contribution in [0.25, 0.3) is 11.1 Å². The van der Waals surface area contributed by atoms with E-state index >= 15 is 0 Å². The fourth-order valence-corrected chi connectivity index (χ4v) is 4.50. The van der Waals surface area contributed by atoms with Crippen molar-refractivity contribution in [3.63, 3.8) is 0 Å². The Morgan fingerprint density at radius 1 is 0.788 bits per heavy atom. The Bertz CT molecular complexity index is 1050. The quantitative estimate of drug-likeness (QED) is 0.641. The van der Waals surface area contributed by atoms with E-state index in [1.165, 1.54) is 10.6 Å². The summed E-state index contributed by atoms with van der Waals surface area (Å²) >= 11 is 0. The Kier molecular flexibility index (Phi) is 6.87. The molecule has 33 heavy (non-hydrogen) atoms. The molecule has 0 amide bonds. The average molecular weight is 496 g/mol. The molecule has 1 heterocycles. The number of piperazine rings is 1. The van der Waals surface area contributed by atoms with Gasteiger partial charge in [0.25, 0.3) is 5.60 Å². The fraction of sp³-hybridized carbons (Fsp3) is 0.429. The number of alkyl halides is 6. The van der Waals surface area contributed by atoms with Crippen molar-refractivity contribution in [3.05, 3.63) is 59.7 Å². The molecule has 2 aromatic carbocycles. The van der Waals surface area contributed by atoms with E-state index in [1.807, 2.05) is 0 Å². The number of hydrogen-bond donors (Lipinski definition) is 1. The number of halogens is 6. The van der Waals surface area contributed by atoms with Crippen LogP contribution in [0.1, 0.15) is 11.1 Å². The van der Waals surface area contributed by atoms with E-state index in [9.17, 15) is 39.9 Å². The molecule has 0 aromatic heterocycles. The number of benzene rings is 2. The zero-order valence-electron chi connectivity index (χ0n) is 17.5. The van der Waals surface area contributed by atoms with E-state index in [0.29, 0.717) is 56.0 Å². The van der Waals surface area contributed by atoms with Gasteiger partial charge in [-0.15, -0.1) is 0 Å². The lowest BCUT2D eigenvalue weighted by Crippen LogP contribution is -2.53. The van der Waals surface area contributed by atoms with Crippen LogP contribution in [0.2, 0.25) is 0 Å². The molecule has 1 saturated heterocycles. The van der Waals surface area contributed by atoms with Crippen LogP contribution in [0.15, 0.2) is 48.5 Å².